The molecule has 0 bridgehead atoms. The SMILES string of the molecule is O=C1C=c2cc3c(cc2O1)=CC=C3. The molecule has 1 aliphatic heterocycles. The zero-order chi connectivity index (χ0) is 8.84. The minimum absolute atomic E-state index is 0.275. The molecule has 0 N–H and O–H groups in total. The molecule has 0 amide bonds. The molecule has 1 heterocycles. The molecular weight excluding hydrogens is 164 g/mol. The molecule has 0 atom stereocenters. The Hall–Kier alpha value is -1.83. The Labute approximate surface area is 74.5 Å². The molecule has 3 rings (SSSR count). The monoisotopic (exact) mass is 170 g/mol. The topological polar surface area (TPSA) is 26.3 Å². The number of carbonyl (C=O) groups excluding carboxylic acids is 1. The van der Waals surface area contributed by atoms with Gasteiger partial charge in [-0.05, 0) is 22.9 Å². The lowest BCUT2D eigenvalue weighted by molar-refractivity contribution is -0.126. The molecule has 0 aromatic heterocycles. The van der Waals surface area contributed by atoms with E-state index in [1.165, 1.54) is 6.08 Å². The van der Waals surface area contributed by atoms with Crippen LogP contribution in [-0.4, -0.2) is 5.97 Å². The zero-order valence-corrected chi connectivity index (χ0v) is 6.78. The van der Waals surface area contributed by atoms with Crippen molar-refractivity contribution in [3.8, 4) is 5.75 Å². The second-order valence-corrected chi connectivity index (χ2v) is 3.11. The van der Waals surface area contributed by atoms with Crippen LogP contribution < -0.4 is 15.2 Å². The quantitative estimate of drug-likeness (QED) is 0.410. The van der Waals surface area contributed by atoms with Gasteiger partial charge in [-0.3, -0.25) is 0 Å². The standard InChI is InChI=1S/C11H6O2/c12-11-6-9-4-7-2-1-3-8(7)5-10(9)13-11/h1-6H. The number of benzene rings is 1. The summed E-state index contributed by atoms with van der Waals surface area (Å²) in [6, 6.07) is 3.86. The predicted octanol–water partition coefficient (Wildman–Crippen LogP) is 0.193. The highest BCUT2D eigenvalue weighted by Crippen LogP contribution is 2.10. The van der Waals surface area contributed by atoms with Crippen LogP contribution in [0, 0.1) is 0 Å². The lowest BCUT2D eigenvalue weighted by atomic mass is 10.1. The fourth-order valence-electron chi connectivity index (χ4n) is 1.64. The van der Waals surface area contributed by atoms with Crippen molar-refractivity contribution in [3.05, 3.63) is 34.2 Å². The molecular formula is C11H6O2. The average Bonchev–Trinajstić information content (AvgIpc) is 2.63. The van der Waals surface area contributed by atoms with E-state index in [2.05, 4.69) is 0 Å². The highest BCUT2D eigenvalue weighted by molar-refractivity contribution is 6.04. The van der Waals surface area contributed by atoms with Crippen LogP contribution in [0.3, 0.4) is 0 Å². The average molecular weight is 170 g/mol. The third kappa shape index (κ3) is 0.855. The molecule has 13 heavy (non-hydrogen) atoms. The van der Waals surface area contributed by atoms with Gasteiger partial charge in [0.25, 0.3) is 0 Å². The number of carbonyl (C=O) groups is 1. The summed E-state index contributed by atoms with van der Waals surface area (Å²) in [5.41, 5.74) is 1.15. The molecule has 2 heteroatoms. The summed E-state index contributed by atoms with van der Waals surface area (Å²) in [5.74, 6) is 0.395. The van der Waals surface area contributed by atoms with Gasteiger partial charge in [0.15, 0.2) is 0 Å². The van der Waals surface area contributed by atoms with Crippen molar-refractivity contribution in [2.45, 2.75) is 0 Å². The summed E-state index contributed by atoms with van der Waals surface area (Å²) in [5, 5.41) is 1.99. The van der Waals surface area contributed by atoms with Crippen molar-refractivity contribution >= 4 is 24.2 Å². The van der Waals surface area contributed by atoms with Crippen LogP contribution in [-0.2, 0) is 4.79 Å². The molecule has 0 saturated carbocycles. The molecule has 0 saturated heterocycles. The molecule has 1 aliphatic carbocycles. The normalized spacial score (nSPS) is 15.8. The van der Waals surface area contributed by atoms with Gasteiger partial charge in [-0.15, -0.1) is 0 Å². The number of ether oxygens (including phenoxy) is 1. The molecule has 0 fully saturated rings. The van der Waals surface area contributed by atoms with Crippen molar-refractivity contribution in [3.63, 3.8) is 0 Å². The lowest BCUT2D eigenvalue weighted by Gasteiger charge is -1.96. The Bertz CT molecular complexity index is 550. The first kappa shape index (κ1) is 6.66. The summed E-state index contributed by atoms with van der Waals surface area (Å²) < 4.78 is 4.99. The van der Waals surface area contributed by atoms with Crippen LogP contribution in [0.4, 0.5) is 0 Å². The zero-order valence-electron chi connectivity index (χ0n) is 6.78. The Morgan fingerprint density at radius 1 is 1.15 bits per heavy atom. The summed E-state index contributed by atoms with van der Waals surface area (Å²) >= 11 is 0. The Morgan fingerprint density at radius 2 is 2.08 bits per heavy atom. The number of hydrogen-bond acceptors (Lipinski definition) is 2. The third-order valence-electron chi connectivity index (χ3n) is 2.25. The Balaban J connectivity index is 2.41. The fourth-order valence-corrected chi connectivity index (χ4v) is 1.64. The van der Waals surface area contributed by atoms with Gasteiger partial charge >= 0.3 is 5.97 Å². The van der Waals surface area contributed by atoms with E-state index in [0.717, 1.165) is 16.0 Å². The Kier molecular flexibility index (Phi) is 1.08. The maximum Gasteiger partial charge on any atom is 0.336 e. The number of fused-ring (bicyclic) bond motifs is 2. The van der Waals surface area contributed by atoms with Crippen LogP contribution in [0.25, 0.3) is 18.2 Å². The lowest BCUT2D eigenvalue weighted by Crippen LogP contribution is -2.10. The number of esters is 1. The van der Waals surface area contributed by atoms with E-state index in [0.29, 0.717) is 5.75 Å². The van der Waals surface area contributed by atoms with Crippen LogP contribution in [0.2, 0.25) is 0 Å². The van der Waals surface area contributed by atoms with Crippen molar-refractivity contribution < 1.29 is 9.53 Å². The first-order valence-corrected chi connectivity index (χ1v) is 4.09. The summed E-state index contributed by atoms with van der Waals surface area (Å²) in [4.78, 5) is 10.9. The van der Waals surface area contributed by atoms with Gasteiger partial charge in [0.1, 0.15) is 5.75 Å². The first-order chi connectivity index (χ1) is 6.33. The molecule has 62 valence electrons. The minimum atomic E-state index is -0.275. The van der Waals surface area contributed by atoms with Crippen molar-refractivity contribution in [1.82, 2.24) is 0 Å². The van der Waals surface area contributed by atoms with Gasteiger partial charge in [0.05, 0.1) is 0 Å². The third-order valence-corrected chi connectivity index (χ3v) is 2.25. The highest BCUT2D eigenvalue weighted by atomic mass is 16.5. The number of hydrogen-bond donors (Lipinski definition) is 0. The van der Waals surface area contributed by atoms with Crippen LogP contribution in [0.5, 0.6) is 5.75 Å². The van der Waals surface area contributed by atoms with E-state index in [-0.39, 0.29) is 5.97 Å². The van der Waals surface area contributed by atoms with Crippen LogP contribution >= 0.6 is 0 Å². The van der Waals surface area contributed by atoms with Crippen molar-refractivity contribution in [1.29, 1.82) is 0 Å². The largest absolute Gasteiger partial charge is 0.423 e. The number of allylic oxidation sites excluding steroid dienone is 1. The summed E-state index contributed by atoms with van der Waals surface area (Å²) in [7, 11) is 0. The van der Waals surface area contributed by atoms with Gasteiger partial charge in [0, 0.05) is 11.3 Å². The second kappa shape index (κ2) is 2.10. The number of rotatable bonds is 0. The van der Waals surface area contributed by atoms with E-state index in [1.807, 2.05) is 30.4 Å². The van der Waals surface area contributed by atoms with Gasteiger partial charge < -0.3 is 4.74 Å². The van der Waals surface area contributed by atoms with E-state index >= 15 is 0 Å². The predicted molar refractivity (Wildman–Crippen MR) is 49.3 cm³/mol. The molecule has 1 aromatic rings. The van der Waals surface area contributed by atoms with E-state index in [9.17, 15) is 4.79 Å². The molecule has 0 radical (unpaired) electrons. The highest BCUT2D eigenvalue weighted by Gasteiger charge is 2.12. The fraction of sp³-hybridized carbons (Fsp3) is 0. The smallest absolute Gasteiger partial charge is 0.336 e. The molecule has 2 nitrogen and oxygen atoms in total. The molecule has 0 spiro atoms. The van der Waals surface area contributed by atoms with Gasteiger partial charge in [0.2, 0.25) is 0 Å². The molecule has 1 aromatic carbocycles. The first-order valence-electron chi connectivity index (χ1n) is 4.09. The minimum Gasteiger partial charge on any atom is -0.423 e. The van der Waals surface area contributed by atoms with Gasteiger partial charge in [-0.1, -0.05) is 18.2 Å². The summed E-state index contributed by atoms with van der Waals surface area (Å²) in [6.07, 6.45) is 7.53. The maximum atomic E-state index is 10.9. The van der Waals surface area contributed by atoms with Crippen molar-refractivity contribution in [2.75, 3.05) is 0 Å². The van der Waals surface area contributed by atoms with E-state index in [4.69, 9.17) is 4.74 Å². The van der Waals surface area contributed by atoms with Crippen LogP contribution in [0.15, 0.2) is 18.2 Å². The maximum absolute atomic E-state index is 10.9. The summed E-state index contributed by atoms with van der Waals surface area (Å²) in [6.45, 7) is 0. The molecule has 2 aliphatic rings. The Morgan fingerprint density at radius 3 is 3.00 bits per heavy atom. The second-order valence-electron chi connectivity index (χ2n) is 3.11. The van der Waals surface area contributed by atoms with Gasteiger partial charge in [-0.2, -0.15) is 0 Å². The van der Waals surface area contributed by atoms with Gasteiger partial charge in [-0.25, -0.2) is 4.79 Å². The van der Waals surface area contributed by atoms with Crippen molar-refractivity contribution in [2.24, 2.45) is 0 Å². The van der Waals surface area contributed by atoms with E-state index < -0.39 is 0 Å². The molecule has 0 unspecified atom stereocenters. The van der Waals surface area contributed by atoms with Crippen LogP contribution in [0.1, 0.15) is 5.56 Å². The van der Waals surface area contributed by atoms with E-state index in [1.54, 1.807) is 0 Å².